The number of hydrogen-bond acceptors (Lipinski definition) is 2. The molecule has 1 N–H and O–H groups in total. The minimum absolute atomic E-state index is 0.00417. The molecule has 0 spiro atoms. The molecule has 0 saturated carbocycles. The molecule has 0 aliphatic carbocycles. The highest BCUT2D eigenvalue weighted by atomic mass is 19.1. The van der Waals surface area contributed by atoms with Crippen LogP contribution in [0.5, 0.6) is 0 Å². The van der Waals surface area contributed by atoms with Crippen LogP contribution in [0.25, 0.3) is 0 Å². The summed E-state index contributed by atoms with van der Waals surface area (Å²) < 4.78 is 15.0. The third-order valence-corrected chi connectivity index (χ3v) is 2.83. The Balaban J connectivity index is 2.38. The molecule has 90 valence electrons. The number of hydrogen-bond donors (Lipinski definition) is 1. The van der Waals surface area contributed by atoms with E-state index in [4.69, 9.17) is 0 Å². The summed E-state index contributed by atoms with van der Waals surface area (Å²) in [5.41, 5.74) is 2.60. The van der Waals surface area contributed by atoms with Gasteiger partial charge in [-0.25, -0.2) is 4.39 Å². The first-order valence-electron chi connectivity index (χ1n) is 5.54. The lowest BCUT2D eigenvalue weighted by Gasteiger charge is -2.15. The van der Waals surface area contributed by atoms with Crippen LogP contribution in [-0.2, 0) is 7.05 Å². The van der Waals surface area contributed by atoms with Crippen molar-refractivity contribution in [3.8, 4) is 0 Å². The molecule has 1 aromatic carbocycles. The third kappa shape index (κ3) is 2.36. The van der Waals surface area contributed by atoms with Crippen LogP contribution in [0.15, 0.2) is 30.5 Å². The quantitative estimate of drug-likeness (QED) is 0.880. The van der Waals surface area contributed by atoms with E-state index in [0.29, 0.717) is 5.56 Å². The van der Waals surface area contributed by atoms with Crippen molar-refractivity contribution < 1.29 is 4.39 Å². The molecular weight excluding hydrogens is 217 g/mol. The molecule has 0 radical (unpaired) electrons. The minimum Gasteiger partial charge on any atom is -0.308 e. The summed E-state index contributed by atoms with van der Waals surface area (Å²) in [5, 5.41) is 7.57. The molecule has 0 saturated heterocycles. The van der Waals surface area contributed by atoms with E-state index >= 15 is 0 Å². The van der Waals surface area contributed by atoms with Crippen molar-refractivity contribution in [3.05, 3.63) is 53.1 Å². The van der Waals surface area contributed by atoms with Crippen molar-refractivity contribution in [1.29, 1.82) is 0 Å². The lowest BCUT2D eigenvalue weighted by atomic mass is 10.0. The zero-order chi connectivity index (χ0) is 12.4. The van der Waals surface area contributed by atoms with Gasteiger partial charge >= 0.3 is 0 Å². The summed E-state index contributed by atoms with van der Waals surface area (Å²) in [5.74, 6) is -0.176. The first-order chi connectivity index (χ1) is 8.11. The van der Waals surface area contributed by atoms with Gasteiger partial charge in [0, 0.05) is 13.2 Å². The number of halogens is 1. The second kappa shape index (κ2) is 4.67. The fourth-order valence-electron chi connectivity index (χ4n) is 1.92. The molecule has 1 heterocycles. The molecule has 0 aliphatic rings. The van der Waals surface area contributed by atoms with Crippen molar-refractivity contribution in [2.45, 2.75) is 13.0 Å². The number of nitrogens with one attached hydrogen (secondary N) is 1. The average Bonchev–Trinajstić information content (AvgIpc) is 2.71. The van der Waals surface area contributed by atoms with E-state index in [1.165, 1.54) is 6.07 Å². The van der Waals surface area contributed by atoms with Crippen LogP contribution in [0.1, 0.15) is 22.9 Å². The van der Waals surface area contributed by atoms with E-state index in [0.717, 1.165) is 11.3 Å². The van der Waals surface area contributed by atoms with Gasteiger partial charge in [0.15, 0.2) is 0 Å². The maximum Gasteiger partial charge on any atom is 0.126 e. The molecule has 1 aromatic heterocycles. The summed E-state index contributed by atoms with van der Waals surface area (Å²) in [6.07, 6.45) is 1.90. The van der Waals surface area contributed by atoms with Gasteiger partial charge in [-0.1, -0.05) is 12.1 Å². The van der Waals surface area contributed by atoms with E-state index in [-0.39, 0.29) is 11.9 Å². The highest BCUT2D eigenvalue weighted by molar-refractivity contribution is 5.31. The van der Waals surface area contributed by atoms with Gasteiger partial charge in [-0.2, -0.15) is 5.10 Å². The number of aromatic nitrogens is 2. The lowest BCUT2D eigenvalue weighted by Crippen LogP contribution is -2.18. The normalized spacial score (nSPS) is 12.7. The molecule has 4 heteroatoms. The number of aryl methyl sites for hydroxylation is 2. The molecule has 1 unspecified atom stereocenters. The second-order valence-electron chi connectivity index (χ2n) is 4.14. The summed E-state index contributed by atoms with van der Waals surface area (Å²) >= 11 is 0. The van der Waals surface area contributed by atoms with Crippen LogP contribution >= 0.6 is 0 Å². The predicted octanol–water partition coefficient (Wildman–Crippen LogP) is 2.18. The Labute approximate surface area is 100 Å². The van der Waals surface area contributed by atoms with Crippen molar-refractivity contribution in [2.75, 3.05) is 7.05 Å². The maximum absolute atomic E-state index is 13.2. The molecular formula is C13H16FN3. The van der Waals surface area contributed by atoms with E-state index in [2.05, 4.69) is 10.4 Å². The Bertz CT molecular complexity index is 519. The maximum atomic E-state index is 13.2. The fraction of sp³-hybridized carbons (Fsp3) is 0.308. The van der Waals surface area contributed by atoms with Crippen molar-refractivity contribution >= 4 is 0 Å². The summed E-state index contributed by atoms with van der Waals surface area (Å²) in [4.78, 5) is 0. The van der Waals surface area contributed by atoms with Crippen LogP contribution in [0.3, 0.4) is 0 Å². The van der Waals surface area contributed by atoms with Crippen LogP contribution < -0.4 is 5.32 Å². The van der Waals surface area contributed by atoms with Gasteiger partial charge in [-0.15, -0.1) is 0 Å². The highest BCUT2D eigenvalue weighted by Gasteiger charge is 2.15. The van der Waals surface area contributed by atoms with Gasteiger partial charge in [0.05, 0.1) is 11.7 Å². The Morgan fingerprint density at radius 1 is 1.35 bits per heavy atom. The predicted molar refractivity (Wildman–Crippen MR) is 65.2 cm³/mol. The standard InChI is InChI=1S/C13H16FN3/c1-9-8-10(4-5-11(9)14)13(15-2)12-6-7-17(3)16-12/h4-8,13,15H,1-3H3. The molecule has 0 fully saturated rings. The Kier molecular flexibility index (Phi) is 3.24. The smallest absolute Gasteiger partial charge is 0.126 e. The molecule has 0 aliphatic heterocycles. The van der Waals surface area contributed by atoms with E-state index in [9.17, 15) is 4.39 Å². The SMILES string of the molecule is CNC(c1ccc(F)c(C)c1)c1ccn(C)n1. The van der Waals surface area contributed by atoms with Gasteiger partial charge in [0.1, 0.15) is 5.82 Å². The van der Waals surface area contributed by atoms with Crippen LogP contribution in [0.4, 0.5) is 4.39 Å². The zero-order valence-corrected chi connectivity index (χ0v) is 10.2. The number of nitrogens with zero attached hydrogens (tertiary/aromatic N) is 2. The molecule has 17 heavy (non-hydrogen) atoms. The van der Waals surface area contributed by atoms with Gasteiger partial charge < -0.3 is 5.32 Å². The average molecular weight is 233 g/mol. The van der Waals surface area contributed by atoms with Crippen molar-refractivity contribution in [2.24, 2.45) is 7.05 Å². The van der Waals surface area contributed by atoms with Gasteiger partial charge in [0.2, 0.25) is 0 Å². The zero-order valence-electron chi connectivity index (χ0n) is 10.2. The number of benzene rings is 1. The molecule has 3 nitrogen and oxygen atoms in total. The second-order valence-corrected chi connectivity index (χ2v) is 4.14. The Morgan fingerprint density at radius 2 is 2.12 bits per heavy atom. The van der Waals surface area contributed by atoms with Crippen LogP contribution in [-0.4, -0.2) is 16.8 Å². The third-order valence-electron chi connectivity index (χ3n) is 2.83. The lowest BCUT2D eigenvalue weighted by molar-refractivity contribution is 0.610. The highest BCUT2D eigenvalue weighted by Crippen LogP contribution is 2.21. The van der Waals surface area contributed by atoms with Crippen LogP contribution in [0, 0.1) is 12.7 Å². The van der Waals surface area contributed by atoms with Gasteiger partial charge in [-0.3, -0.25) is 4.68 Å². The van der Waals surface area contributed by atoms with Gasteiger partial charge in [-0.05, 0) is 37.2 Å². The number of rotatable bonds is 3. The molecule has 2 rings (SSSR count). The van der Waals surface area contributed by atoms with Gasteiger partial charge in [0.25, 0.3) is 0 Å². The largest absolute Gasteiger partial charge is 0.308 e. The summed E-state index contributed by atoms with van der Waals surface area (Å²) in [7, 11) is 3.75. The topological polar surface area (TPSA) is 29.9 Å². The van der Waals surface area contributed by atoms with Crippen LogP contribution in [0.2, 0.25) is 0 Å². The molecule has 2 aromatic rings. The van der Waals surface area contributed by atoms with E-state index < -0.39 is 0 Å². The van der Waals surface area contributed by atoms with Crippen molar-refractivity contribution in [3.63, 3.8) is 0 Å². The monoisotopic (exact) mass is 233 g/mol. The van der Waals surface area contributed by atoms with E-state index in [1.807, 2.05) is 32.4 Å². The molecule has 1 atom stereocenters. The first-order valence-corrected chi connectivity index (χ1v) is 5.54. The summed E-state index contributed by atoms with van der Waals surface area (Å²) in [6.45, 7) is 1.77. The fourth-order valence-corrected chi connectivity index (χ4v) is 1.92. The van der Waals surface area contributed by atoms with Crippen molar-refractivity contribution in [1.82, 2.24) is 15.1 Å². The Morgan fingerprint density at radius 3 is 2.65 bits per heavy atom. The molecule has 0 amide bonds. The minimum atomic E-state index is -0.176. The van der Waals surface area contributed by atoms with E-state index in [1.54, 1.807) is 17.7 Å². The first kappa shape index (κ1) is 11.8. The summed E-state index contributed by atoms with van der Waals surface area (Å²) in [6, 6.07) is 7.09. The molecule has 0 bridgehead atoms. The Hall–Kier alpha value is -1.68.